The van der Waals surface area contributed by atoms with E-state index in [0.717, 1.165) is 24.2 Å². The normalized spacial score (nSPS) is 21.5. The Morgan fingerprint density at radius 2 is 2.16 bits per heavy atom. The van der Waals surface area contributed by atoms with Crippen LogP contribution in [0.15, 0.2) is 28.8 Å². The van der Waals surface area contributed by atoms with Crippen molar-refractivity contribution in [3.05, 3.63) is 52.8 Å². The van der Waals surface area contributed by atoms with Gasteiger partial charge in [0, 0.05) is 12.6 Å². The first-order valence-corrected chi connectivity index (χ1v) is 11.2. The molecule has 166 valence electrons. The second kappa shape index (κ2) is 7.70. The minimum absolute atomic E-state index is 0.131. The van der Waals surface area contributed by atoms with E-state index < -0.39 is 5.82 Å². The molecule has 1 aliphatic carbocycles. The number of likely N-dealkylation sites (tertiary alicyclic amines) is 1. The Bertz CT molecular complexity index is 1200. The van der Waals surface area contributed by atoms with Gasteiger partial charge in [-0.05, 0) is 50.3 Å². The predicted octanol–water partition coefficient (Wildman–Crippen LogP) is 3.17. The van der Waals surface area contributed by atoms with Crippen molar-refractivity contribution in [3.63, 3.8) is 0 Å². The summed E-state index contributed by atoms with van der Waals surface area (Å²) < 4.78 is 18.9. The molecule has 1 aliphatic heterocycles. The summed E-state index contributed by atoms with van der Waals surface area (Å²) in [5.74, 6) is -0.0176. The Kier molecular flexibility index (Phi) is 4.96. The molecule has 3 aromatic rings. The monoisotopic (exact) mass is 455 g/mol. The van der Waals surface area contributed by atoms with Gasteiger partial charge in [0.2, 0.25) is 0 Å². The topological polar surface area (TPSA) is 114 Å². The van der Waals surface area contributed by atoms with Crippen molar-refractivity contribution < 1.29 is 18.5 Å². The number of carbonyl (C=O) groups excluding carboxylic acids is 2. The van der Waals surface area contributed by atoms with Crippen molar-refractivity contribution in [1.29, 1.82) is 0 Å². The van der Waals surface area contributed by atoms with Crippen LogP contribution in [0, 0.1) is 25.6 Å². The Morgan fingerprint density at radius 3 is 2.88 bits per heavy atom. The van der Waals surface area contributed by atoms with Crippen LogP contribution in [0.25, 0.3) is 10.4 Å². The van der Waals surface area contributed by atoms with Gasteiger partial charge in [0.1, 0.15) is 22.8 Å². The zero-order valence-electron chi connectivity index (χ0n) is 17.6. The lowest BCUT2D eigenvalue weighted by molar-refractivity contribution is 0.0684. The molecule has 2 fully saturated rings. The maximum Gasteiger partial charge on any atom is 0.274 e. The van der Waals surface area contributed by atoms with Crippen LogP contribution >= 0.6 is 11.3 Å². The highest BCUT2D eigenvalue weighted by molar-refractivity contribution is 7.19. The van der Waals surface area contributed by atoms with Crippen molar-refractivity contribution >= 4 is 28.3 Å². The van der Waals surface area contributed by atoms with E-state index in [1.54, 1.807) is 26.0 Å². The third-order valence-electron chi connectivity index (χ3n) is 6.14. The van der Waals surface area contributed by atoms with E-state index in [2.05, 4.69) is 15.5 Å². The Hall–Kier alpha value is -3.27. The Labute approximate surface area is 187 Å². The quantitative estimate of drug-likeness (QED) is 0.611. The lowest BCUT2D eigenvalue weighted by Crippen LogP contribution is -2.45. The fourth-order valence-electron chi connectivity index (χ4n) is 4.59. The van der Waals surface area contributed by atoms with Gasteiger partial charge in [-0.15, -0.1) is 0 Å². The number of amides is 2. The summed E-state index contributed by atoms with van der Waals surface area (Å²) in [5, 5.41) is 6.99. The van der Waals surface area contributed by atoms with E-state index in [0.29, 0.717) is 39.9 Å². The maximum atomic E-state index is 13.8. The third kappa shape index (κ3) is 3.54. The minimum atomic E-state index is -0.392. The van der Waals surface area contributed by atoms with Crippen molar-refractivity contribution in [1.82, 2.24) is 20.4 Å². The average molecular weight is 456 g/mol. The first kappa shape index (κ1) is 20.6. The molecule has 3 heterocycles. The highest BCUT2D eigenvalue weighted by Crippen LogP contribution is 2.49. The van der Waals surface area contributed by atoms with Gasteiger partial charge in [-0.3, -0.25) is 9.59 Å². The molecular formula is C22H22FN5O3S. The van der Waals surface area contributed by atoms with Crippen LogP contribution in [0.1, 0.15) is 45.1 Å². The molecule has 0 bridgehead atoms. The highest BCUT2D eigenvalue weighted by atomic mass is 32.1. The number of aryl methyl sites for hydroxylation is 2. The molecule has 10 heteroatoms. The lowest BCUT2D eigenvalue weighted by atomic mass is 10.1. The van der Waals surface area contributed by atoms with Crippen molar-refractivity contribution in [2.45, 2.75) is 38.8 Å². The molecule has 8 nitrogen and oxygen atoms in total. The van der Waals surface area contributed by atoms with Crippen molar-refractivity contribution in [2.75, 3.05) is 12.3 Å². The molecule has 5 rings (SSSR count). The van der Waals surface area contributed by atoms with Crippen LogP contribution in [-0.4, -0.2) is 45.5 Å². The highest BCUT2D eigenvalue weighted by Gasteiger charge is 2.54. The number of rotatable bonds is 5. The van der Waals surface area contributed by atoms with Crippen LogP contribution in [0.4, 0.5) is 9.52 Å². The maximum absolute atomic E-state index is 13.8. The summed E-state index contributed by atoms with van der Waals surface area (Å²) in [6, 6.07) is 6.02. The molecular weight excluding hydrogens is 433 g/mol. The SMILES string of the molecule is Cc1noc(C)c1C(=O)NCC1CC2C[C@@H]2N1C(=O)c1nc(N)sc1-c1cccc(F)c1. The van der Waals surface area contributed by atoms with Gasteiger partial charge in [0.15, 0.2) is 5.13 Å². The summed E-state index contributed by atoms with van der Waals surface area (Å²) in [4.78, 5) is 32.8. The van der Waals surface area contributed by atoms with E-state index in [1.807, 2.05) is 4.90 Å². The largest absolute Gasteiger partial charge is 0.375 e. The van der Waals surface area contributed by atoms with Crippen molar-refractivity contribution in [3.8, 4) is 10.4 Å². The van der Waals surface area contributed by atoms with E-state index >= 15 is 0 Å². The number of nitrogens with two attached hydrogens (primary N) is 1. The van der Waals surface area contributed by atoms with Crippen molar-refractivity contribution in [2.24, 2.45) is 5.92 Å². The number of nitrogens with zero attached hydrogens (tertiary/aromatic N) is 3. The molecule has 0 radical (unpaired) electrons. The smallest absolute Gasteiger partial charge is 0.274 e. The predicted molar refractivity (Wildman–Crippen MR) is 117 cm³/mol. The van der Waals surface area contributed by atoms with Gasteiger partial charge in [0.25, 0.3) is 11.8 Å². The van der Waals surface area contributed by atoms with E-state index in [-0.39, 0.29) is 34.7 Å². The van der Waals surface area contributed by atoms with E-state index in [4.69, 9.17) is 10.3 Å². The molecule has 1 saturated carbocycles. The number of anilines is 1. The number of halogens is 1. The number of nitrogen functional groups attached to an aromatic ring is 1. The van der Waals surface area contributed by atoms with Gasteiger partial charge in [-0.1, -0.05) is 28.6 Å². The summed E-state index contributed by atoms with van der Waals surface area (Å²) >= 11 is 1.16. The average Bonchev–Trinajstić information content (AvgIpc) is 3.07. The standard InChI is InChI=1S/C22H22FN5O3S/c1-10-17(11(2)31-27-10)20(29)25-9-15-7-13-8-16(13)28(15)21(30)18-19(32-22(24)26-18)12-4-3-5-14(23)6-12/h3-6,13,15-16H,7-9H2,1-2H3,(H2,24,26)(H,25,29)/t13?,15?,16-/m0/s1. The number of fused-ring (bicyclic) bond motifs is 1. The number of piperidine rings is 1. The molecule has 1 aromatic carbocycles. The van der Waals surface area contributed by atoms with Gasteiger partial charge in [-0.2, -0.15) is 0 Å². The molecule has 0 spiro atoms. The van der Waals surface area contributed by atoms with Crippen LogP contribution in [0.5, 0.6) is 0 Å². The Balaban J connectivity index is 1.37. The number of nitrogens with one attached hydrogen (secondary N) is 1. The molecule has 32 heavy (non-hydrogen) atoms. The second-order valence-corrected chi connectivity index (χ2v) is 9.35. The number of carbonyl (C=O) groups is 2. The summed E-state index contributed by atoms with van der Waals surface area (Å²) in [5.41, 5.74) is 7.67. The van der Waals surface area contributed by atoms with E-state index in [1.165, 1.54) is 12.1 Å². The molecule has 2 aliphatic rings. The zero-order chi connectivity index (χ0) is 22.6. The minimum Gasteiger partial charge on any atom is -0.375 e. The molecule has 2 amide bonds. The zero-order valence-corrected chi connectivity index (χ0v) is 18.4. The fraction of sp³-hybridized carbons (Fsp3) is 0.364. The molecule has 2 aromatic heterocycles. The van der Waals surface area contributed by atoms with E-state index in [9.17, 15) is 14.0 Å². The Morgan fingerprint density at radius 1 is 1.34 bits per heavy atom. The van der Waals surface area contributed by atoms with Crippen LogP contribution in [0.2, 0.25) is 0 Å². The third-order valence-corrected chi connectivity index (χ3v) is 7.07. The number of thiazole rings is 1. The molecule has 1 saturated heterocycles. The second-order valence-electron chi connectivity index (χ2n) is 8.31. The molecule has 3 atom stereocenters. The van der Waals surface area contributed by atoms with Crippen LogP contribution in [0.3, 0.4) is 0 Å². The summed E-state index contributed by atoms with van der Waals surface area (Å²) in [6.07, 6.45) is 1.75. The first-order valence-electron chi connectivity index (χ1n) is 10.4. The van der Waals surface area contributed by atoms with Gasteiger partial charge in [0.05, 0.1) is 16.6 Å². The number of aromatic nitrogens is 2. The fourth-order valence-corrected chi connectivity index (χ4v) is 5.41. The van der Waals surface area contributed by atoms with Crippen LogP contribution < -0.4 is 11.1 Å². The summed E-state index contributed by atoms with van der Waals surface area (Å²) in [7, 11) is 0. The number of benzene rings is 1. The molecule has 2 unspecified atom stereocenters. The van der Waals surface area contributed by atoms with Gasteiger partial charge >= 0.3 is 0 Å². The van der Waals surface area contributed by atoms with Crippen LogP contribution in [-0.2, 0) is 0 Å². The van der Waals surface area contributed by atoms with Gasteiger partial charge < -0.3 is 20.5 Å². The van der Waals surface area contributed by atoms with Gasteiger partial charge in [-0.25, -0.2) is 9.37 Å². The first-order chi connectivity index (χ1) is 15.3. The summed E-state index contributed by atoms with van der Waals surface area (Å²) in [6.45, 7) is 3.72. The lowest BCUT2D eigenvalue weighted by Gasteiger charge is -2.27. The number of hydrogen-bond donors (Lipinski definition) is 2. The molecule has 3 N–H and O–H groups in total. The number of hydrogen-bond acceptors (Lipinski definition) is 7.